The molecule has 0 spiro atoms. The van der Waals surface area contributed by atoms with Crippen LogP contribution in [-0.4, -0.2) is 41.9 Å². The second-order valence-corrected chi connectivity index (χ2v) is 5.94. The number of hydrogen-bond donors (Lipinski definition) is 1. The minimum Gasteiger partial charge on any atom is -0.467 e. The molecule has 1 fully saturated rings. The molecule has 7 heteroatoms. The predicted molar refractivity (Wildman–Crippen MR) is 85.7 cm³/mol. The van der Waals surface area contributed by atoms with Gasteiger partial charge in [0.05, 0.1) is 18.7 Å². The second kappa shape index (κ2) is 8.52. The van der Waals surface area contributed by atoms with E-state index in [4.69, 9.17) is 9.15 Å². The quantitative estimate of drug-likeness (QED) is 0.726. The molecule has 1 atom stereocenters. The van der Waals surface area contributed by atoms with Crippen molar-refractivity contribution < 1.29 is 23.5 Å². The summed E-state index contributed by atoms with van der Waals surface area (Å²) < 4.78 is 10.3. The van der Waals surface area contributed by atoms with Crippen LogP contribution in [0.2, 0.25) is 0 Å². The Morgan fingerprint density at radius 1 is 1.42 bits per heavy atom. The number of carbonyl (C=O) groups is 3. The summed E-state index contributed by atoms with van der Waals surface area (Å²) in [5.74, 6) is -0.802. The van der Waals surface area contributed by atoms with Crippen LogP contribution in [0.5, 0.6) is 0 Å². The van der Waals surface area contributed by atoms with E-state index in [9.17, 15) is 14.4 Å². The van der Waals surface area contributed by atoms with Crippen LogP contribution in [0.25, 0.3) is 0 Å². The number of amides is 2. The zero-order valence-electron chi connectivity index (χ0n) is 14.1. The summed E-state index contributed by atoms with van der Waals surface area (Å²) in [6, 6.07) is 3.62. The SMILES string of the molecule is CCC(CC)NC(=O)COC(=O)[C@@H]1CC(=O)N(Cc2ccco2)C1. The lowest BCUT2D eigenvalue weighted by Gasteiger charge is -2.16. The van der Waals surface area contributed by atoms with Gasteiger partial charge in [-0.15, -0.1) is 0 Å². The molecule has 1 aromatic rings. The van der Waals surface area contributed by atoms with Crippen molar-refractivity contribution in [3.63, 3.8) is 0 Å². The number of rotatable bonds is 8. The first kappa shape index (κ1) is 18.0. The molecule has 132 valence electrons. The maximum atomic E-state index is 12.1. The van der Waals surface area contributed by atoms with Crippen molar-refractivity contribution in [2.45, 2.75) is 45.7 Å². The van der Waals surface area contributed by atoms with E-state index in [-0.39, 0.29) is 37.4 Å². The average molecular weight is 336 g/mol. The Kier molecular flexibility index (Phi) is 6.40. The molecule has 2 rings (SSSR count). The third-order valence-electron chi connectivity index (χ3n) is 4.17. The molecule has 2 heterocycles. The van der Waals surface area contributed by atoms with Gasteiger partial charge in [0.25, 0.3) is 5.91 Å². The highest BCUT2D eigenvalue weighted by Gasteiger charge is 2.35. The van der Waals surface area contributed by atoms with Gasteiger partial charge in [-0.3, -0.25) is 14.4 Å². The molecular weight excluding hydrogens is 312 g/mol. The molecule has 2 amide bonds. The summed E-state index contributed by atoms with van der Waals surface area (Å²) in [6.07, 6.45) is 3.30. The molecule has 1 N–H and O–H groups in total. The first-order valence-corrected chi connectivity index (χ1v) is 8.29. The fourth-order valence-electron chi connectivity index (χ4n) is 2.69. The Balaban J connectivity index is 1.77. The molecule has 0 unspecified atom stereocenters. The number of furan rings is 1. The second-order valence-electron chi connectivity index (χ2n) is 5.94. The minimum absolute atomic E-state index is 0.0908. The molecule has 1 aliphatic rings. The Labute approximate surface area is 141 Å². The number of nitrogens with zero attached hydrogens (tertiary/aromatic N) is 1. The van der Waals surface area contributed by atoms with Crippen LogP contribution in [0.4, 0.5) is 0 Å². The normalized spacial score (nSPS) is 17.4. The fraction of sp³-hybridized carbons (Fsp3) is 0.588. The van der Waals surface area contributed by atoms with Crippen LogP contribution < -0.4 is 5.32 Å². The fourth-order valence-corrected chi connectivity index (χ4v) is 2.69. The zero-order valence-corrected chi connectivity index (χ0v) is 14.1. The summed E-state index contributed by atoms with van der Waals surface area (Å²) in [5, 5.41) is 2.80. The van der Waals surface area contributed by atoms with E-state index in [0.29, 0.717) is 12.3 Å². The maximum absolute atomic E-state index is 12.1. The highest BCUT2D eigenvalue weighted by molar-refractivity contribution is 5.88. The Morgan fingerprint density at radius 2 is 2.17 bits per heavy atom. The summed E-state index contributed by atoms with van der Waals surface area (Å²) in [7, 11) is 0. The molecule has 0 saturated carbocycles. The maximum Gasteiger partial charge on any atom is 0.311 e. The van der Waals surface area contributed by atoms with Crippen LogP contribution >= 0.6 is 0 Å². The van der Waals surface area contributed by atoms with Gasteiger partial charge in [-0.2, -0.15) is 0 Å². The van der Waals surface area contributed by atoms with Crippen LogP contribution in [0.3, 0.4) is 0 Å². The van der Waals surface area contributed by atoms with Crippen molar-refractivity contribution >= 4 is 17.8 Å². The van der Waals surface area contributed by atoms with Gasteiger partial charge in [0.2, 0.25) is 5.91 Å². The van der Waals surface area contributed by atoms with Gasteiger partial charge in [0.1, 0.15) is 5.76 Å². The van der Waals surface area contributed by atoms with E-state index in [2.05, 4.69) is 5.32 Å². The van der Waals surface area contributed by atoms with Crippen LogP contribution in [-0.2, 0) is 25.7 Å². The molecule has 24 heavy (non-hydrogen) atoms. The van der Waals surface area contributed by atoms with E-state index in [0.717, 1.165) is 12.8 Å². The Hall–Kier alpha value is -2.31. The third-order valence-corrected chi connectivity index (χ3v) is 4.17. The van der Waals surface area contributed by atoms with Crippen molar-refractivity contribution in [2.24, 2.45) is 5.92 Å². The minimum atomic E-state index is -0.534. The van der Waals surface area contributed by atoms with Gasteiger partial charge in [-0.05, 0) is 25.0 Å². The van der Waals surface area contributed by atoms with Gasteiger partial charge in [-0.25, -0.2) is 0 Å². The first-order valence-electron chi connectivity index (χ1n) is 8.29. The van der Waals surface area contributed by atoms with Crippen LogP contribution in [0.1, 0.15) is 38.9 Å². The molecule has 1 saturated heterocycles. The number of ether oxygens (including phenoxy) is 1. The lowest BCUT2D eigenvalue weighted by atomic mass is 10.1. The van der Waals surface area contributed by atoms with Gasteiger partial charge in [0, 0.05) is 19.0 Å². The van der Waals surface area contributed by atoms with E-state index in [1.54, 1.807) is 23.3 Å². The largest absolute Gasteiger partial charge is 0.467 e. The van der Waals surface area contributed by atoms with Crippen molar-refractivity contribution in [2.75, 3.05) is 13.2 Å². The van der Waals surface area contributed by atoms with Gasteiger partial charge >= 0.3 is 5.97 Å². The van der Waals surface area contributed by atoms with Crippen LogP contribution in [0.15, 0.2) is 22.8 Å². The monoisotopic (exact) mass is 336 g/mol. The lowest BCUT2D eigenvalue weighted by Crippen LogP contribution is -2.37. The van der Waals surface area contributed by atoms with E-state index >= 15 is 0 Å². The zero-order chi connectivity index (χ0) is 17.5. The molecule has 0 aliphatic carbocycles. The lowest BCUT2D eigenvalue weighted by molar-refractivity contribution is -0.152. The average Bonchev–Trinajstić information content (AvgIpc) is 3.21. The molecule has 0 bridgehead atoms. The third kappa shape index (κ3) is 4.84. The predicted octanol–water partition coefficient (Wildman–Crippen LogP) is 1.48. The summed E-state index contributed by atoms with van der Waals surface area (Å²) >= 11 is 0. The Bertz CT molecular complexity index is 566. The number of nitrogens with one attached hydrogen (secondary N) is 1. The van der Waals surface area contributed by atoms with Crippen molar-refractivity contribution in [1.82, 2.24) is 10.2 Å². The topological polar surface area (TPSA) is 88.8 Å². The van der Waals surface area contributed by atoms with Gasteiger partial charge in [-0.1, -0.05) is 13.8 Å². The standard InChI is InChI=1S/C17H24N2O5/c1-3-13(4-2)18-15(20)11-24-17(22)12-8-16(21)19(9-12)10-14-6-5-7-23-14/h5-7,12-13H,3-4,8-11H2,1-2H3,(H,18,20)/t12-/m1/s1. The molecule has 0 radical (unpaired) electrons. The smallest absolute Gasteiger partial charge is 0.311 e. The number of esters is 1. The summed E-state index contributed by atoms with van der Waals surface area (Å²) in [6.45, 7) is 4.28. The molecule has 1 aliphatic heterocycles. The highest BCUT2D eigenvalue weighted by atomic mass is 16.5. The van der Waals surface area contributed by atoms with E-state index < -0.39 is 11.9 Å². The van der Waals surface area contributed by atoms with Crippen LogP contribution in [0, 0.1) is 5.92 Å². The summed E-state index contributed by atoms with van der Waals surface area (Å²) in [5.41, 5.74) is 0. The van der Waals surface area contributed by atoms with Gasteiger partial charge < -0.3 is 19.4 Å². The molecular formula is C17H24N2O5. The van der Waals surface area contributed by atoms with E-state index in [1.165, 1.54) is 0 Å². The van der Waals surface area contributed by atoms with Gasteiger partial charge in [0.15, 0.2) is 6.61 Å². The van der Waals surface area contributed by atoms with Crippen molar-refractivity contribution in [3.05, 3.63) is 24.2 Å². The number of carbonyl (C=O) groups excluding carboxylic acids is 3. The molecule has 7 nitrogen and oxygen atoms in total. The Morgan fingerprint density at radius 3 is 2.79 bits per heavy atom. The molecule has 1 aromatic heterocycles. The van der Waals surface area contributed by atoms with Crippen molar-refractivity contribution in [3.8, 4) is 0 Å². The van der Waals surface area contributed by atoms with Crippen molar-refractivity contribution in [1.29, 1.82) is 0 Å². The van der Waals surface area contributed by atoms with E-state index in [1.807, 2.05) is 13.8 Å². The number of hydrogen-bond acceptors (Lipinski definition) is 5. The summed E-state index contributed by atoms with van der Waals surface area (Å²) in [4.78, 5) is 37.4. The number of likely N-dealkylation sites (tertiary alicyclic amines) is 1. The molecule has 0 aromatic carbocycles. The first-order chi connectivity index (χ1) is 11.5. The highest BCUT2D eigenvalue weighted by Crippen LogP contribution is 2.21.